The number of carbonyl (C=O) groups excluding carboxylic acids is 1. The summed E-state index contributed by atoms with van der Waals surface area (Å²) in [5.41, 5.74) is 0.749. The summed E-state index contributed by atoms with van der Waals surface area (Å²) in [7, 11) is 0. The molecule has 1 aromatic carbocycles. The summed E-state index contributed by atoms with van der Waals surface area (Å²) >= 11 is 0. The number of rotatable bonds is 6. The third-order valence-corrected chi connectivity index (χ3v) is 4.18. The molecule has 0 aromatic heterocycles. The summed E-state index contributed by atoms with van der Waals surface area (Å²) in [5, 5.41) is 3.12. The first-order valence-electron chi connectivity index (χ1n) is 8.24. The molecule has 0 radical (unpaired) electrons. The molecule has 1 unspecified atom stereocenters. The van der Waals surface area contributed by atoms with Crippen molar-refractivity contribution in [2.45, 2.75) is 45.6 Å². The molecule has 0 saturated carbocycles. The van der Waals surface area contributed by atoms with Crippen LogP contribution < -0.4 is 5.32 Å². The van der Waals surface area contributed by atoms with Crippen LogP contribution in [0.25, 0.3) is 0 Å². The minimum atomic E-state index is 0.0429. The lowest BCUT2D eigenvalue weighted by molar-refractivity contribution is 0.0913. The van der Waals surface area contributed by atoms with E-state index in [9.17, 15) is 4.79 Å². The van der Waals surface area contributed by atoms with Gasteiger partial charge in [-0.2, -0.15) is 0 Å². The number of amides is 1. The number of nitrogens with one attached hydrogen (secondary N) is 1. The fourth-order valence-corrected chi connectivity index (χ4v) is 3.09. The minimum absolute atomic E-state index is 0.0429. The Labute approximate surface area is 128 Å². The molecule has 1 atom stereocenters. The van der Waals surface area contributed by atoms with E-state index < -0.39 is 0 Å². The molecule has 3 heteroatoms. The number of hydrogen-bond acceptors (Lipinski definition) is 2. The molecular formula is C18H28N2O. The van der Waals surface area contributed by atoms with Gasteiger partial charge in [-0.05, 0) is 50.4 Å². The first-order valence-corrected chi connectivity index (χ1v) is 8.24. The van der Waals surface area contributed by atoms with Gasteiger partial charge in [0.2, 0.25) is 0 Å². The monoisotopic (exact) mass is 288 g/mol. The first-order chi connectivity index (χ1) is 10.2. The van der Waals surface area contributed by atoms with Crippen molar-refractivity contribution in [2.24, 2.45) is 5.92 Å². The maximum Gasteiger partial charge on any atom is 0.251 e. The molecule has 1 aliphatic heterocycles. The molecule has 0 spiro atoms. The Hall–Kier alpha value is -1.35. The van der Waals surface area contributed by atoms with Gasteiger partial charge in [0.1, 0.15) is 0 Å². The fourth-order valence-electron chi connectivity index (χ4n) is 3.09. The number of piperidine rings is 1. The zero-order valence-electron chi connectivity index (χ0n) is 13.3. The van der Waals surface area contributed by atoms with Crippen LogP contribution in [0.3, 0.4) is 0 Å². The van der Waals surface area contributed by atoms with E-state index in [0.717, 1.165) is 18.5 Å². The summed E-state index contributed by atoms with van der Waals surface area (Å²) < 4.78 is 0. The van der Waals surface area contributed by atoms with Crippen molar-refractivity contribution < 1.29 is 4.79 Å². The van der Waals surface area contributed by atoms with Gasteiger partial charge in [0, 0.05) is 18.2 Å². The van der Waals surface area contributed by atoms with Crippen molar-refractivity contribution in [3.8, 4) is 0 Å². The van der Waals surface area contributed by atoms with Gasteiger partial charge in [-0.3, -0.25) is 9.69 Å². The van der Waals surface area contributed by atoms with Crippen LogP contribution in [-0.4, -0.2) is 36.5 Å². The van der Waals surface area contributed by atoms with Crippen molar-refractivity contribution in [1.29, 1.82) is 0 Å². The van der Waals surface area contributed by atoms with E-state index in [1.165, 1.54) is 32.4 Å². The summed E-state index contributed by atoms with van der Waals surface area (Å²) in [5.74, 6) is 0.701. The number of hydrogen-bond donors (Lipinski definition) is 1. The van der Waals surface area contributed by atoms with Gasteiger partial charge in [0.15, 0.2) is 0 Å². The van der Waals surface area contributed by atoms with E-state index in [1.807, 2.05) is 30.3 Å². The summed E-state index contributed by atoms with van der Waals surface area (Å²) in [6.45, 7) is 7.63. The zero-order chi connectivity index (χ0) is 15.1. The number of nitrogens with zero attached hydrogens (tertiary/aromatic N) is 1. The third-order valence-electron chi connectivity index (χ3n) is 4.18. The zero-order valence-corrected chi connectivity index (χ0v) is 13.3. The Kier molecular flexibility index (Phi) is 6.24. The maximum absolute atomic E-state index is 12.2. The molecule has 2 rings (SSSR count). The molecule has 0 bridgehead atoms. The number of likely N-dealkylation sites (tertiary alicyclic amines) is 1. The smallest absolute Gasteiger partial charge is 0.251 e. The molecule has 21 heavy (non-hydrogen) atoms. The minimum Gasteiger partial charge on any atom is -0.350 e. The summed E-state index contributed by atoms with van der Waals surface area (Å²) in [6, 6.07) is 9.96. The van der Waals surface area contributed by atoms with Crippen molar-refractivity contribution in [2.75, 3.05) is 19.6 Å². The lowest BCUT2D eigenvalue weighted by Gasteiger charge is -2.35. The van der Waals surface area contributed by atoms with Crippen LogP contribution in [0.1, 0.15) is 49.9 Å². The van der Waals surface area contributed by atoms with E-state index in [2.05, 4.69) is 24.1 Å². The van der Waals surface area contributed by atoms with Crippen LogP contribution in [0, 0.1) is 5.92 Å². The number of carbonyl (C=O) groups is 1. The van der Waals surface area contributed by atoms with E-state index in [4.69, 9.17) is 0 Å². The number of benzene rings is 1. The van der Waals surface area contributed by atoms with Crippen LogP contribution in [0.5, 0.6) is 0 Å². The van der Waals surface area contributed by atoms with Crippen molar-refractivity contribution in [3.63, 3.8) is 0 Å². The van der Waals surface area contributed by atoms with Gasteiger partial charge >= 0.3 is 0 Å². The van der Waals surface area contributed by atoms with Crippen LogP contribution in [0.15, 0.2) is 30.3 Å². The molecular weight excluding hydrogens is 260 g/mol. The summed E-state index contributed by atoms with van der Waals surface area (Å²) in [6.07, 6.45) is 5.08. The van der Waals surface area contributed by atoms with Crippen molar-refractivity contribution in [3.05, 3.63) is 35.9 Å². The summed E-state index contributed by atoms with van der Waals surface area (Å²) in [4.78, 5) is 14.8. The second-order valence-corrected chi connectivity index (χ2v) is 6.46. The Balaban J connectivity index is 1.90. The van der Waals surface area contributed by atoms with Crippen molar-refractivity contribution in [1.82, 2.24) is 10.2 Å². The molecule has 116 valence electrons. The normalized spacial score (nSPS) is 17.7. The van der Waals surface area contributed by atoms with E-state index >= 15 is 0 Å². The molecule has 1 aliphatic rings. The van der Waals surface area contributed by atoms with E-state index in [1.54, 1.807) is 0 Å². The van der Waals surface area contributed by atoms with Gasteiger partial charge in [-0.25, -0.2) is 0 Å². The molecule has 1 N–H and O–H groups in total. The topological polar surface area (TPSA) is 32.3 Å². The van der Waals surface area contributed by atoms with Crippen LogP contribution in [-0.2, 0) is 0 Å². The molecule has 3 nitrogen and oxygen atoms in total. The lowest BCUT2D eigenvalue weighted by Crippen LogP contribution is -2.46. The fraction of sp³-hybridized carbons (Fsp3) is 0.611. The lowest BCUT2D eigenvalue weighted by atomic mass is 9.99. The second kappa shape index (κ2) is 8.18. The molecule has 1 amide bonds. The maximum atomic E-state index is 12.2. The predicted octanol–water partition coefficient (Wildman–Crippen LogP) is 3.32. The molecule has 1 aromatic rings. The van der Waals surface area contributed by atoms with E-state index in [-0.39, 0.29) is 5.91 Å². The molecule has 1 saturated heterocycles. The highest BCUT2D eigenvalue weighted by Crippen LogP contribution is 2.17. The highest BCUT2D eigenvalue weighted by atomic mass is 16.1. The van der Waals surface area contributed by atoms with Crippen LogP contribution in [0.2, 0.25) is 0 Å². The van der Waals surface area contributed by atoms with Gasteiger partial charge in [-0.15, -0.1) is 0 Å². The van der Waals surface area contributed by atoms with Crippen LogP contribution >= 0.6 is 0 Å². The van der Waals surface area contributed by atoms with Gasteiger partial charge in [0.05, 0.1) is 0 Å². The van der Waals surface area contributed by atoms with Gasteiger partial charge < -0.3 is 5.32 Å². The largest absolute Gasteiger partial charge is 0.350 e. The quantitative estimate of drug-likeness (QED) is 0.871. The third kappa shape index (κ3) is 5.16. The van der Waals surface area contributed by atoms with Crippen LogP contribution in [0.4, 0.5) is 0 Å². The standard InChI is InChI=1S/C18H28N2O/c1-15(2)13-17(20-11-7-4-8-12-20)14-19-18(21)16-9-5-3-6-10-16/h3,5-6,9-10,15,17H,4,7-8,11-14H2,1-2H3,(H,19,21). The highest BCUT2D eigenvalue weighted by molar-refractivity contribution is 5.94. The molecule has 1 fully saturated rings. The Morgan fingerprint density at radius 2 is 1.81 bits per heavy atom. The Bertz CT molecular complexity index is 424. The average molecular weight is 288 g/mol. The Morgan fingerprint density at radius 1 is 1.14 bits per heavy atom. The average Bonchev–Trinajstić information content (AvgIpc) is 2.52. The van der Waals surface area contributed by atoms with E-state index in [0.29, 0.717) is 12.0 Å². The van der Waals surface area contributed by atoms with Gasteiger partial charge in [0.25, 0.3) is 5.91 Å². The van der Waals surface area contributed by atoms with Crippen molar-refractivity contribution >= 4 is 5.91 Å². The first kappa shape index (κ1) is 16.0. The molecule has 0 aliphatic carbocycles. The second-order valence-electron chi connectivity index (χ2n) is 6.46. The van der Waals surface area contributed by atoms with Gasteiger partial charge in [-0.1, -0.05) is 38.5 Å². The Morgan fingerprint density at radius 3 is 2.43 bits per heavy atom. The SMILES string of the molecule is CC(C)CC(CNC(=O)c1ccccc1)N1CCCCC1. The predicted molar refractivity (Wildman–Crippen MR) is 87.4 cm³/mol. The highest BCUT2D eigenvalue weighted by Gasteiger charge is 2.22. The molecule has 1 heterocycles.